The number of fused-ring (bicyclic) bond motifs is 1. The summed E-state index contributed by atoms with van der Waals surface area (Å²) in [6, 6.07) is 13.4. The van der Waals surface area contributed by atoms with E-state index in [9.17, 15) is 9.59 Å². The summed E-state index contributed by atoms with van der Waals surface area (Å²) in [6.45, 7) is 1.50. The van der Waals surface area contributed by atoms with Crippen LogP contribution >= 0.6 is 0 Å². The summed E-state index contributed by atoms with van der Waals surface area (Å²) >= 11 is 0. The van der Waals surface area contributed by atoms with Gasteiger partial charge in [0.25, 0.3) is 5.56 Å². The third-order valence-corrected chi connectivity index (χ3v) is 6.27. The first-order valence-corrected chi connectivity index (χ1v) is 11.0. The first-order valence-electron chi connectivity index (χ1n) is 11.0. The number of piperidine rings is 1. The quantitative estimate of drug-likeness (QED) is 0.569. The van der Waals surface area contributed by atoms with Crippen LogP contribution in [0.1, 0.15) is 24.8 Å². The average molecular weight is 436 g/mol. The lowest BCUT2D eigenvalue weighted by molar-refractivity contribution is -0.133. The number of ether oxygens (including phenoxy) is 2. The molecule has 0 radical (unpaired) electrons. The van der Waals surface area contributed by atoms with Crippen LogP contribution in [0, 0.1) is 5.92 Å². The Hall–Kier alpha value is -3.35. The molecule has 3 aromatic rings. The van der Waals surface area contributed by atoms with E-state index in [0.29, 0.717) is 17.0 Å². The van der Waals surface area contributed by atoms with Crippen LogP contribution in [0.3, 0.4) is 0 Å². The molecule has 1 aliphatic heterocycles. The Morgan fingerprint density at radius 3 is 2.44 bits per heavy atom. The zero-order valence-electron chi connectivity index (χ0n) is 18.6. The fraction of sp³-hybridized carbons (Fsp3) is 0.400. The minimum Gasteiger partial charge on any atom is -0.497 e. The summed E-state index contributed by atoms with van der Waals surface area (Å²) in [7, 11) is 3.32. The lowest BCUT2D eigenvalue weighted by Crippen LogP contribution is -2.41. The number of rotatable bonds is 7. The van der Waals surface area contributed by atoms with Crippen molar-refractivity contribution in [3.63, 3.8) is 0 Å². The molecular formula is C25H29N3O4. The highest BCUT2D eigenvalue weighted by molar-refractivity contribution is 5.80. The number of aromatic nitrogens is 2. The molecule has 0 spiro atoms. The van der Waals surface area contributed by atoms with E-state index in [1.165, 1.54) is 16.3 Å². The van der Waals surface area contributed by atoms with Crippen molar-refractivity contribution in [1.29, 1.82) is 0 Å². The number of para-hydroxylation sites is 2. The van der Waals surface area contributed by atoms with Crippen LogP contribution in [0.2, 0.25) is 0 Å². The van der Waals surface area contributed by atoms with Gasteiger partial charge in [-0.2, -0.15) is 0 Å². The zero-order chi connectivity index (χ0) is 22.5. The predicted molar refractivity (Wildman–Crippen MR) is 123 cm³/mol. The average Bonchev–Trinajstić information content (AvgIpc) is 2.84. The van der Waals surface area contributed by atoms with Crippen molar-refractivity contribution >= 4 is 16.9 Å². The van der Waals surface area contributed by atoms with Gasteiger partial charge in [-0.1, -0.05) is 12.1 Å². The van der Waals surface area contributed by atoms with Crippen LogP contribution in [0.25, 0.3) is 11.0 Å². The van der Waals surface area contributed by atoms with E-state index in [0.717, 1.165) is 50.3 Å². The van der Waals surface area contributed by atoms with Crippen LogP contribution in [-0.4, -0.2) is 47.7 Å². The summed E-state index contributed by atoms with van der Waals surface area (Å²) in [5, 5.41) is 0. The van der Waals surface area contributed by atoms with Crippen molar-refractivity contribution in [2.75, 3.05) is 27.3 Å². The molecule has 0 atom stereocenters. The molecule has 1 amide bonds. The highest BCUT2D eigenvalue weighted by Crippen LogP contribution is 2.27. The van der Waals surface area contributed by atoms with Crippen LogP contribution in [-0.2, 0) is 17.8 Å². The molecule has 7 heteroatoms. The summed E-state index contributed by atoms with van der Waals surface area (Å²) in [6.07, 6.45) is 5.24. The van der Waals surface area contributed by atoms with E-state index in [2.05, 4.69) is 17.1 Å². The number of benzene rings is 2. The van der Waals surface area contributed by atoms with E-state index in [-0.39, 0.29) is 18.0 Å². The second kappa shape index (κ2) is 9.85. The van der Waals surface area contributed by atoms with E-state index < -0.39 is 0 Å². The summed E-state index contributed by atoms with van der Waals surface area (Å²) in [5.41, 5.74) is 2.36. The van der Waals surface area contributed by atoms with Gasteiger partial charge in [0.2, 0.25) is 5.91 Å². The number of aryl methyl sites for hydroxylation is 1. The number of nitrogens with zero attached hydrogens (tertiary/aromatic N) is 3. The number of hydrogen-bond donors (Lipinski definition) is 0. The number of carbonyl (C=O) groups excluding carboxylic acids is 1. The molecule has 0 aliphatic carbocycles. The molecule has 0 N–H and O–H groups in total. The molecule has 0 bridgehead atoms. The van der Waals surface area contributed by atoms with Crippen molar-refractivity contribution in [2.45, 2.75) is 32.2 Å². The van der Waals surface area contributed by atoms with Crippen molar-refractivity contribution in [3.8, 4) is 11.5 Å². The third kappa shape index (κ3) is 4.93. The van der Waals surface area contributed by atoms with Gasteiger partial charge in [0.15, 0.2) is 0 Å². The van der Waals surface area contributed by atoms with Gasteiger partial charge in [-0.25, -0.2) is 4.98 Å². The Labute approximate surface area is 187 Å². The van der Waals surface area contributed by atoms with E-state index in [4.69, 9.17) is 9.47 Å². The monoisotopic (exact) mass is 435 g/mol. The van der Waals surface area contributed by atoms with Gasteiger partial charge in [0.05, 0.1) is 31.4 Å². The van der Waals surface area contributed by atoms with Crippen LogP contribution < -0.4 is 15.0 Å². The van der Waals surface area contributed by atoms with Gasteiger partial charge in [0, 0.05) is 19.2 Å². The Balaban J connectivity index is 1.33. The van der Waals surface area contributed by atoms with Crippen LogP contribution in [0.4, 0.5) is 0 Å². The fourth-order valence-electron chi connectivity index (χ4n) is 4.37. The highest BCUT2D eigenvalue weighted by atomic mass is 16.5. The van der Waals surface area contributed by atoms with Gasteiger partial charge in [-0.05, 0) is 61.4 Å². The first-order chi connectivity index (χ1) is 15.6. The molecule has 7 nitrogen and oxygen atoms in total. The maximum atomic E-state index is 12.9. The molecule has 2 heterocycles. The Bertz CT molecular complexity index is 1130. The summed E-state index contributed by atoms with van der Waals surface area (Å²) in [4.78, 5) is 31.3. The molecule has 0 saturated carbocycles. The highest BCUT2D eigenvalue weighted by Gasteiger charge is 2.23. The molecule has 1 aliphatic rings. The van der Waals surface area contributed by atoms with Crippen molar-refractivity contribution in [3.05, 3.63) is 64.6 Å². The maximum absolute atomic E-state index is 12.9. The molecule has 32 heavy (non-hydrogen) atoms. The van der Waals surface area contributed by atoms with E-state index >= 15 is 0 Å². The lowest BCUT2D eigenvalue weighted by Gasteiger charge is -2.32. The van der Waals surface area contributed by atoms with Gasteiger partial charge in [-0.15, -0.1) is 0 Å². The fourth-order valence-corrected chi connectivity index (χ4v) is 4.37. The van der Waals surface area contributed by atoms with E-state index in [1.807, 2.05) is 35.2 Å². The number of carbonyl (C=O) groups is 1. The molecule has 2 aromatic carbocycles. The van der Waals surface area contributed by atoms with Gasteiger partial charge < -0.3 is 14.4 Å². The van der Waals surface area contributed by atoms with Crippen LogP contribution in [0.15, 0.2) is 53.5 Å². The van der Waals surface area contributed by atoms with Gasteiger partial charge >= 0.3 is 0 Å². The minimum atomic E-state index is -0.249. The largest absolute Gasteiger partial charge is 0.497 e. The molecular weight excluding hydrogens is 406 g/mol. The topological polar surface area (TPSA) is 73.7 Å². The predicted octanol–water partition coefficient (Wildman–Crippen LogP) is 3.29. The molecule has 1 aromatic heterocycles. The van der Waals surface area contributed by atoms with Gasteiger partial charge in [0.1, 0.15) is 18.0 Å². The minimum absolute atomic E-state index is 0.0144. The molecule has 1 saturated heterocycles. The Morgan fingerprint density at radius 1 is 1.06 bits per heavy atom. The summed E-state index contributed by atoms with van der Waals surface area (Å²) < 4.78 is 12.2. The first kappa shape index (κ1) is 21.9. The van der Waals surface area contributed by atoms with Crippen molar-refractivity contribution in [2.24, 2.45) is 5.92 Å². The van der Waals surface area contributed by atoms with Crippen molar-refractivity contribution < 1.29 is 14.3 Å². The standard InChI is InChI=1S/C25H29N3O4/c1-31-20-13-19(14-21(15-20)32-2)8-7-18-9-11-27(12-10-18)25(30)17-28-23-6-4-3-5-22(23)26-16-24(28)29/h3-6,13-16,18H,7-12,17H2,1-2H3. The molecule has 1 fully saturated rings. The van der Waals surface area contributed by atoms with Gasteiger partial charge in [-0.3, -0.25) is 14.2 Å². The number of hydrogen-bond acceptors (Lipinski definition) is 5. The summed E-state index contributed by atoms with van der Waals surface area (Å²) in [5.74, 6) is 2.16. The number of likely N-dealkylation sites (tertiary alicyclic amines) is 1. The Morgan fingerprint density at radius 2 is 1.75 bits per heavy atom. The maximum Gasteiger partial charge on any atom is 0.269 e. The van der Waals surface area contributed by atoms with Crippen LogP contribution in [0.5, 0.6) is 11.5 Å². The smallest absolute Gasteiger partial charge is 0.269 e. The molecule has 0 unspecified atom stereocenters. The lowest BCUT2D eigenvalue weighted by atomic mass is 9.90. The Kier molecular flexibility index (Phi) is 6.73. The second-order valence-electron chi connectivity index (χ2n) is 8.26. The van der Waals surface area contributed by atoms with Crippen molar-refractivity contribution in [1.82, 2.24) is 14.5 Å². The SMILES string of the molecule is COc1cc(CCC2CCN(C(=O)Cn3c(=O)cnc4ccccc43)CC2)cc(OC)c1. The normalized spacial score (nSPS) is 14.5. The molecule has 168 valence electrons. The number of methoxy groups -OCH3 is 2. The second-order valence-corrected chi connectivity index (χ2v) is 8.26. The number of amides is 1. The zero-order valence-corrected chi connectivity index (χ0v) is 18.6. The van der Waals surface area contributed by atoms with E-state index in [1.54, 1.807) is 14.2 Å². The molecule has 4 rings (SSSR count). The third-order valence-electron chi connectivity index (χ3n) is 6.27.